The van der Waals surface area contributed by atoms with Gasteiger partial charge < -0.3 is 30.2 Å². The number of aliphatic hydroxyl groups is 1. The van der Waals surface area contributed by atoms with Crippen LogP contribution in [-0.2, 0) is 16.0 Å². The lowest BCUT2D eigenvalue weighted by Crippen LogP contribution is -2.48. The van der Waals surface area contributed by atoms with E-state index < -0.39 is 0 Å². The van der Waals surface area contributed by atoms with Crippen LogP contribution in [0.15, 0.2) is 158 Å². The molecule has 10 nitrogen and oxygen atoms in total. The molecule has 79 heavy (non-hydrogen) atoms. The van der Waals surface area contributed by atoms with Crippen molar-refractivity contribution in [1.82, 2.24) is 25.3 Å². The van der Waals surface area contributed by atoms with Crippen LogP contribution in [0.3, 0.4) is 0 Å². The van der Waals surface area contributed by atoms with Gasteiger partial charge in [0.25, 0.3) is 5.91 Å². The summed E-state index contributed by atoms with van der Waals surface area (Å²) in [6, 6.07) is 53.0. The lowest BCUT2D eigenvalue weighted by atomic mass is 9.51. The number of hydrogen-bond acceptors (Lipinski definition) is 7. The fourth-order valence-corrected chi connectivity index (χ4v) is 14.1. The fraction of sp³-hybridized carbons (Fsp3) is 0.246. The summed E-state index contributed by atoms with van der Waals surface area (Å²) in [5.41, 5.74) is 17.5. The van der Waals surface area contributed by atoms with Gasteiger partial charge in [0.1, 0.15) is 5.75 Å². The van der Waals surface area contributed by atoms with E-state index in [2.05, 4.69) is 125 Å². The summed E-state index contributed by atoms with van der Waals surface area (Å²) in [7, 11) is 0. The van der Waals surface area contributed by atoms with Gasteiger partial charge in [-0.15, -0.1) is 0 Å². The predicted molar refractivity (Wildman–Crippen MR) is 315 cm³/mol. The SMILES string of the molecule is C[C@]12C[C@H](CCOC(=O)CCCNC(=O)c3ccc(-c4c5nc(c(-c6ccccc6)c6ccc([nH]6)c(-c6ccccc6)c6nc(c(-c7ccccc7)c7ccc4[nH]7)C=C6)C=C5)cc3)C3c4ccc(O)cc4CCC3C1CCC2O. The Hall–Kier alpha value is -8.60. The van der Waals surface area contributed by atoms with Gasteiger partial charge in [-0.2, -0.15) is 0 Å². The number of benzene rings is 5. The fourth-order valence-electron chi connectivity index (χ4n) is 14.1. The van der Waals surface area contributed by atoms with E-state index in [1.807, 2.05) is 72.8 Å². The molecule has 3 aliphatic carbocycles. The smallest absolute Gasteiger partial charge is 0.305 e. The minimum atomic E-state index is -0.315. The van der Waals surface area contributed by atoms with Gasteiger partial charge in [-0.25, -0.2) is 9.97 Å². The molecule has 5 aliphatic rings. The normalized spacial score (nSPS) is 20.8. The van der Waals surface area contributed by atoms with Gasteiger partial charge in [-0.3, -0.25) is 9.59 Å². The average molecular weight is 1040 g/mol. The Labute approximate surface area is 460 Å². The van der Waals surface area contributed by atoms with E-state index in [0.717, 1.165) is 128 Å². The first-order chi connectivity index (χ1) is 38.7. The Morgan fingerprint density at radius 2 is 1.14 bits per heavy atom. The van der Waals surface area contributed by atoms with Crippen molar-refractivity contribution in [2.75, 3.05) is 13.2 Å². The zero-order valence-electron chi connectivity index (χ0n) is 44.3. The van der Waals surface area contributed by atoms with Crippen LogP contribution in [0, 0.1) is 23.2 Å². The van der Waals surface area contributed by atoms with E-state index in [9.17, 15) is 19.8 Å². The molecular formula is C69H63N5O5. The van der Waals surface area contributed by atoms with Crippen molar-refractivity contribution in [1.29, 1.82) is 0 Å². The number of carbonyl (C=O) groups is 2. The molecule has 394 valence electrons. The highest BCUT2D eigenvalue weighted by atomic mass is 16.5. The third-order valence-corrected chi connectivity index (χ3v) is 17.8. The van der Waals surface area contributed by atoms with Gasteiger partial charge in [0, 0.05) is 62.8 Å². The number of hydrogen-bond donors (Lipinski definition) is 5. The van der Waals surface area contributed by atoms with E-state index in [1.54, 1.807) is 6.07 Å². The topological polar surface area (TPSA) is 153 Å². The van der Waals surface area contributed by atoms with Crippen molar-refractivity contribution < 1.29 is 24.5 Å². The standard InChI is InChI=1S/C69H63N5O5/c1-69-41-48(63-50-26-24-49(75)40-47(50)23-25-51(63)52(69)27-36-61(69)76)37-39-79-62(77)18-11-38-70-68(78)46-21-19-45(20-22-46)67-59-34-32-57(73-59)65(43-14-7-3-8-15-43)55-30-28-53(71-55)64(42-12-5-2-6-13-42)54-29-31-56(72-54)66(44-16-9-4-10-17-44)58-33-35-60(67)74-58/h2-10,12-17,19-22,24,26,28-35,40,48,51-52,61,63,71,74-76H,11,18,23,25,27,36-39,41H2,1H3,(H,70,78)/t48-,51?,52?,61?,63?,69-/m0/s1. The lowest BCUT2D eigenvalue weighted by molar-refractivity contribution is -0.144. The van der Waals surface area contributed by atoms with Gasteiger partial charge in [0.15, 0.2) is 0 Å². The van der Waals surface area contributed by atoms with E-state index in [-0.39, 0.29) is 35.7 Å². The minimum Gasteiger partial charge on any atom is -0.508 e. The van der Waals surface area contributed by atoms with Crippen LogP contribution < -0.4 is 5.32 Å². The summed E-state index contributed by atoms with van der Waals surface area (Å²) in [6.45, 7) is 2.90. The van der Waals surface area contributed by atoms with Gasteiger partial charge in [0.2, 0.25) is 0 Å². The van der Waals surface area contributed by atoms with Gasteiger partial charge in [0.05, 0.1) is 35.5 Å². The molecule has 2 aliphatic heterocycles. The highest BCUT2D eigenvalue weighted by Gasteiger charge is 2.57. The largest absolute Gasteiger partial charge is 0.508 e. The van der Waals surface area contributed by atoms with E-state index >= 15 is 0 Å². The molecule has 10 heteroatoms. The number of phenols is 1. The predicted octanol–water partition coefficient (Wildman–Crippen LogP) is 14.6. The molecule has 5 heterocycles. The number of carbonyl (C=O) groups excluding carboxylic acids is 2. The molecule has 0 spiro atoms. The molecule has 2 saturated carbocycles. The third-order valence-electron chi connectivity index (χ3n) is 17.8. The first-order valence-corrected chi connectivity index (χ1v) is 28.0. The van der Waals surface area contributed by atoms with E-state index in [4.69, 9.17) is 14.7 Å². The molecule has 6 atom stereocenters. The Bertz CT molecular complexity index is 3830. The summed E-state index contributed by atoms with van der Waals surface area (Å²) in [4.78, 5) is 45.3. The number of nitrogens with one attached hydrogen (secondary N) is 3. The van der Waals surface area contributed by atoms with Crippen LogP contribution in [0.2, 0.25) is 0 Å². The number of rotatable bonds is 12. The number of aromatic amines is 2. The number of phenolic OH excluding ortho intramolecular Hbond substituents is 1. The summed E-state index contributed by atoms with van der Waals surface area (Å²) in [6.07, 6.45) is 14.2. The number of H-pyrrole nitrogens is 2. The minimum absolute atomic E-state index is 0.140. The zero-order chi connectivity index (χ0) is 53.6. The first-order valence-electron chi connectivity index (χ1n) is 28.0. The van der Waals surface area contributed by atoms with Crippen molar-refractivity contribution in [3.8, 4) is 50.3 Å². The number of ether oxygens (including phenoxy) is 1. The second-order valence-corrected chi connectivity index (χ2v) is 22.3. The Kier molecular flexibility index (Phi) is 13.3. The number of aryl methyl sites for hydroxylation is 1. The van der Waals surface area contributed by atoms with Crippen LogP contribution >= 0.6 is 0 Å². The molecular weight excluding hydrogens is 979 g/mol. The molecule has 0 radical (unpaired) electrons. The van der Waals surface area contributed by atoms with Crippen LogP contribution in [0.25, 0.3) is 90.9 Å². The van der Waals surface area contributed by atoms with Crippen LogP contribution in [-0.4, -0.2) is 61.3 Å². The molecule has 8 bridgehead atoms. The van der Waals surface area contributed by atoms with Crippen molar-refractivity contribution in [2.24, 2.45) is 23.2 Å². The second-order valence-electron chi connectivity index (χ2n) is 22.3. The summed E-state index contributed by atoms with van der Waals surface area (Å²) in [5.74, 6) is 1.30. The maximum absolute atomic E-state index is 13.7. The highest BCUT2D eigenvalue weighted by Crippen LogP contribution is 2.63. The summed E-state index contributed by atoms with van der Waals surface area (Å²) in [5, 5.41) is 24.5. The Morgan fingerprint density at radius 3 is 1.66 bits per heavy atom. The summed E-state index contributed by atoms with van der Waals surface area (Å²) < 4.78 is 5.87. The number of amides is 1. The molecule has 5 aromatic carbocycles. The van der Waals surface area contributed by atoms with E-state index in [1.165, 1.54) is 11.1 Å². The monoisotopic (exact) mass is 1040 g/mol. The molecule has 0 saturated heterocycles. The molecule has 5 N–H and O–H groups in total. The van der Waals surface area contributed by atoms with Gasteiger partial charge in [-0.05, 0) is 180 Å². The first kappa shape index (κ1) is 49.9. The lowest BCUT2D eigenvalue weighted by Gasteiger charge is -2.54. The maximum Gasteiger partial charge on any atom is 0.305 e. The van der Waals surface area contributed by atoms with Crippen molar-refractivity contribution in [3.05, 3.63) is 197 Å². The number of aromatic hydroxyl groups is 1. The maximum atomic E-state index is 13.7. The second kappa shape index (κ2) is 21.0. The zero-order valence-corrected chi connectivity index (χ0v) is 44.3. The van der Waals surface area contributed by atoms with Crippen LogP contribution in [0.1, 0.15) is 102 Å². The molecule has 1 amide bonds. The molecule has 4 unspecified atom stereocenters. The Morgan fingerprint density at radius 1 is 0.633 bits per heavy atom. The van der Waals surface area contributed by atoms with Crippen molar-refractivity contribution >= 4 is 58.2 Å². The molecule has 3 aromatic heterocycles. The number of fused-ring (bicyclic) bond motifs is 13. The molecule has 2 fully saturated rings. The van der Waals surface area contributed by atoms with Crippen LogP contribution in [0.4, 0.5) is 0 Å². The van der Waals surface area contributed by atoms with Gasteiger partial charge in [-0.1, -0.05) is 116 Å². The quantitative estimate of drug-likeness (QED) is 0.0603. The highest BCUT2D eigenvalue weighted by molar-refractivity contribution is 6.00. The molecule has 13 rings (SSSR count). The van der Waals surface area contributed by atoms with Crippen molar-refractivity contribution in [3.63, 3.8) is 0 Å². The van der Waals surface area contributed by atoms with Crippen molar-refractivity contribution in [2.45, 2.75) is 70.3 Å². The molecule has 8 aromatic rings. The number of aromatic nitrogens is 4. The van der Waals surface area contributed by atoms with Crippen LogP contribution in [0.5, 0.6) is 5.75 Å². The number of aliphatic hydroxyl groups excluding tert-OH is 1. The van der Waals surface area contributed by atoms with E-state index in [0.29, 0.717) is 48.6 Å². The number of esters is 1. The average Bonchev–Trinajstić information content (AvgIpc) is 4.57. The van der Waals surface area contributed by atoms with Gasteiger partial charge >= 0.3 is 5.97 Å². The number of nitrogens with zero attached hydrogens (tertiary/aromatic N) is 2. The Balaban J connectivity index is 0.766. The third kappa shape index (κ3) is 9.48. The summed E-state index contributed by atoms with van der Waals surface area (Å²) >= 11 is 0.